The summed E-state index contributed by atoms with van der Waals surface area (Å²) in [6.45, 7) is -0.0623. The Bertz CT molecular complexity index is 1240. The van der Waals surface area contributed by atoms with Gasteiger partial charge in [0.1, 0.15) is 17.6 Å². The molecule has 0 unspecified atom stereocenters. The van der Waals surface area contributed by atoms with Crippen LogP contribution in [-0.2, 0) is 22.7 Å². The topological polar surface area (TPSA) is 106 Å². The van der Waals surface area contributed by atoms with Crippen molar-refractivity contribution in [2.75, 3.05) is 6.54 Å². The molecule has 4 rings (SSSR count). The number of benzene rings is 2. The van der Waals surface area contributed by atoms with Gasteiger partial charge < -0.3 is 15.1 Å². The smallest absolute Gasteiger partial charge is 0.297 e. The maximum atomic E-state index is 12.6. The molecule has 2 aromatic heterocycles. The number of hydrogen-bond donors (Lipinski definition) is 2. The second kappa shape index (κ2) is 7.97. The fourth-order valence-corrected chi connectivity index (χ4v) is 2.98. The van der Waals surface area contributed by atoms with E-state index in [1.165, 1.54) is 6.33 Å². The number of rotatable bonds is 6. The first-order valence-electron chi connectivity index (χ1n) is 9.06. The highest BCUT2D eigenvalue weighted by Crippen LogP contribution is 2.23. The second-order valence-electron chi connectivity index (χ2n) is 6.49. The molecule has 0 aliphatic heterocycles. The summed E-state index contributed by atoms with van der Waals surface area (Å²) in [4.78, 5) is 40.9. The standard InChI is InChI=1S/C21H18N4O4/c26-17(22-10-14-6-2-1-3-7-14)11-23-18(27)12-25-13-24-19-15-8-4-5-9-16(15)29-20(19)21(25)28/h1-9,13H,10-12H2,(H,22,26)(H,23,27). The first-order chi connectivity index (χ1) is 14.1. The molecule has 2 aromatic carbocycles. The molecule has 0 radical (unpaired) electrons. The fraction of sp³-hybridized carbons (Fsp3) is 0.143. The lowest BCUT2D eigenvalue weighted by Gasteiger charge is -2.08. The Kier molecular flexibility index (Phi) is 5.07. The van der Waals surface area contributed by atoms with E-state index in [4.69, 9.17) is 4.42 Å². The normalized spacial score (nSPS) is 10.9. The molecule has 4 aromatic rings. The van der Waals surface area contributed by atoms with E-state index in [1.54, 1.807) is 12.1 Å². The van der Waals surface area contributed by atoms with Crippen molar-refractivity contribution >= 4 is 33.9 Å². The van der Waals surface area contributed by atoms with Crippen LogP contribution in [0, 0.1) is 0 Å². The number of para-hydroxylation sites is 1. The molecule has 0 atom stereocenters. The molecule has 29 heavy (non-hydrogen) atoms. The Labute approximate surface area is 165 Å². The molecular weight excluding hydrogens is 372 g/mol. The summed E-state index contributed by atoms with van der Waals surface area (Å²) < 4.78 is 6.74. The van der Waals surface area contributed by atoms with E-state index < -0.39 is 11.5 Å². The number of carbonyl (C=O) groups is 2. The Morgan fingerprint density at radius 1 is 0.966 bits per heavy atom. The van der Waals surface area contributed by atoms with Crippen molar-refractivity contribution in [3.8, 4) is 0 Å². The van der Waals surface area contributed by atoms with Crippen molar-refractivity contribution in [2.24, 2.45) is 0 Å². The molecular formula is C21H18N4O4. The number of amides is 2. The van der Waals surface area contributed by atoms with E-state index in [1.807, 2.05) is 42.5 Å². The van der Waals surface area contributed by atoms with Crippen LogP contribution in [0.2, 0.25) is 0 Å². The molecule has 146 valence electrons. The van der Waals surface area contributed by atoms with Crippen molar-refractivity contribution in [1.82, 2.24) is 20.2 Å². The number of aromatic nitrogens is 2. The highest BCUT2D eigenvalue weighted by molar-refractivity contribution is 6.01. The summed E-state index contributed by atoms with van der Waals surface area (Å²) in [6.07, 6.45) is 1.31. The van der Waals surface area contributed by atoms with E-state index in [0.29, 0.717) is 17.6 Å². The summed E-state index contributed by atoms with van der Waals surface area (Å²) >= 11 is 0. The molecule has 0 spiro atoms. The lowest BCUT2D eigenvalue weighted by molar-refractivity contribution is -0.126. The number of nitrogens with one attached hydrogen (secondary N) is 2. The number of fused-ring (bicyclic) bond motifs is 3. The largest absolute Gasteiger partial charge is 0.448 e. The Balaban J connectivity index is 1.37. The molecule has 8 heteroatoms. The number of hydrogen-bond acceptors (Lipinski definition) is 5. The van der Waals surface area contributed by atoms with Gasteiger partial charge in [0.05, 0.1) is 12.9 Å². The predicted octanol–water partition coefficient (Wildman–Crippen LogP) is 1.58. The molecule has 0 aliphatic carbocycles. The zero-order chi connectivity index (χ0) is 20.2. The van der Waals surface area contributed by atoms with Gasteiger partial charge in [0, 0.05) is 11.9 Å². The van der Waals surface area contributed by atoms with Crippen LogP contribution < -0.4 is 16.2 Å². The minimum atomic E-state index is -0.473. The summed E-state index contributed by atoms with van der Waals surface area (Å²) in [7, 11) is 0. The molecule has 0 saturated carbocycles. The number of nitrogens with zero attached hydrogens (tertiary/aromatic N) is 2. The van der Waals surface area contributed by atoms with Gasteiger partial charge in [-0.05, 0) is 17.7 Å². The van der Waals surface area contributed by atoms with Crippen molar-refractivity contribution in [2.45, 2.75) is 13.1 Å². The van der Waals surface area contributed by atoms with Gasteiger partial charge in [0.15, 0.2) is 0 Å². The van der Waals surface area contributed by atoms with Crippen molar-refractivity contribution < 1.29 is 14.0 Å². The van der Waals surface area contributed by atoms with Crippen molar-refractivity contribution in [1.29, 1.82) is 0 Å². The first kappa shape index (κ1) is 18.4. The molecule has 2 N–H and O–H groups in total. The van der Waals surface area contributed by atoms with E-state index >= 15 is 0 Å². The van der Waals surface area contributed by atoms with E-state index in [2.05, 4.69) is 15.6 Å². The van der Waals surface area contributed by atoms with Gasteiger partial charge in [-0.25, -0.2) is 4.98 Å². The van der Waals surface area contributed by atoms with Crippen LogP contribution in [0.1, 0.15) is 5.56 Å². The quantitative estimate of drug-likeness (QED) is 0.520. The second-order valence-corrected chi connectivity index (χ2v) is 6.49. The Morgan fingerprint density at radius 2 is 1.72 bits per heavy atom. The molecule has 8 nitrogen and oxygen atoms in total. The van der Waals surface area contributed by atoms with Crippen molar-refractivity contribution in [3.05, 3.63) is 76.8 Å². The van der Waals surface area contributed by atoms with Gasteiger partial charge in [0.25, 0.3) is 5.56 Å². The zero-order valence-electron chi connectivity index (χ0n) is 15.4. The third-order valence-corrected chi connectivity index (χ3v) is 4.44. The fourth-order valence-electron chi connectivity index (χ4n) is 2.98. The summed E-state index contributed by atoms with van der Waals surface area (Å²) in [5, 5.41) is 5.96. The van der Waals surface area contributed by atoms with Crippen LogP contribution in [0.5, 0.6) is 0 Å². The van der Waals surface area contributed by atoms with Gasteiger partial charge in [0.2, 0.25) is 17.4 Å². The van der Waals surface area contributed by atoms with Crippen molar-refractivity contribution in [3.63, 3.8) is 0 Å². The Hall–Kier alpha value is -3.94. The molecule has 0 bridgehead atoms. The van der Waals surface area contributed by atoms with Crippen LogP contribution in [0.3, 0.4) is 0 Å². The van der Waals surface area contributed by atoms with Crippen LogP contribution in [0.15, 0.2) is 70.1 Å². The van der Waals surface area contributed by atoms with Gasteiger partial charge in [-0.15, -0.1) is 0 Å². The molecule has 2 amide bonds. The molecule has 0 saturated heterocycles. The van der Waals surface area contributed by atoms with E-state index in [-0.39, 0.29) is 24.6 Å². The minimum Gasteiger partial charge on any atom is -0.448 e. The highest BCUT2D eigenvalue weighted by atomic mass is 16.3. The Morgan fingerprint density at radius 3 is 2.55 bits per heavy atom. The minimum absolute atomic E-state index is 0.0992. The average molecular weight is 390 g/mol. The maximum absolute atomic E-state index is 12.6. The van der Waals surface area contributed by atoms with Crippen LogP contribution in [0.25, 0.3) is 22.1 Å². The summed E-state index contributed by atoms with van der Waals surface area (Å²) in [6, 6.07) is 16.7. The van der Waals surface area contributed by atoms with Gasteiger partial charge in [-0.1, -0.05) is 42.5 Å². The summed E-state index contributed by atoms with van der Waals surface area (Å²) in [5.41, 5.74) is 1.63. The third kappa shape index (κ3) is 4.01. The van der Waals surface area contributed by atoms with E-state index in [0.717, 1.165) is 15.5 Å². The molecule has 0 aliphatic rings. The van der Waals surface area contributed by atoms with Crippen LogP contribution >= 0.6 is 0 Å². The molecule has 0 fully saturated rings. The van der Waals surface area contributed by atoms with Crippen LogP contribution in [-0.4, -0.2) is 27.9 Å². The van der Waals surface area contributed by atoms with Gasteiger partial charge >= 0.3 is 0 Å². The third-order valence-electron chi connectivity index (χ3n) is 4.44. The van der Waals surface area contributed by atoms with E-state index in [9.17, 15) is 14.4 Å². The SMILES string of the molecule is O=C(CNC(=O)Cn1cnc2c(oc3ccccc32)c1=O)NCc1ccccc1. The molecule has 2 heterocycles. The monoisotopic (exact) mass is 390 g/mol. The zero-order valence-corrected chi connectivity index (χ0v) is 15.4. The lowest BCUT2D eigenvalue weighted by atomic mass is 10.2. The van der Waals surface area contributed by atoms with Gasteiger partial charge in [-0.2, -0.15) is 0 Å². The van der Waals surface area contributed by atoms with Gasteiger partial charge in [-0.3, -0.25) is 19.0 Å². The average Bonchev–Trinajstić information content (AvgIpc) is 3.13. The highest BCUT2D eigenvalue weighted by Gasteiger charge is 2.14. The number of carbonyl (C=O) groups excluding carboxylic acids is 2. The predicted molar refractivity (Wildman–Crippen MR) is 107 cm³/mol. The summed E-state index contributed by atoms with van der Waals surface area (Å²) in [5.74, 6) is -0.792. The number of furan rings is 1. The lowest BCUT2D eigenvalue weighted by Crippen LogP contribution is -2.39. The van der Waals surface area contributed by atoms with Crippen LogP contribution in [0.4, 0.5) is 0 Å². The maximum Gasteiger partial charge on any atom is 0.297 e. The first-order valence-corrected chi connectivity index (χ1v) is 9.06.